The van der Waals surface area contributed by atoms with Crippen molar-refractivity contribution in [2.75, 3.05) is 25.9 Å². The first kappa shape index (κ1) is 13.5. The van der Waals surface area contributed by atoms with Gasteiger partial charge in [0.2, 0.25) is 0 Å². The average Bonchev–Trinajstić information content (AvgIpc) is 2.39. The largest absolute Gasteiger partial charge is 0.356 e. The summed E-state index contributed by atoms with van der Waals surface area (Å²) in [5.41, 5.74) is 0. The van der Waals surface area contributed by atoms with E-state index in [-0.39, 0.29) is 0 Å². The van der Waals surface area contributed by atoms with Gasteiger partial charge in [-0.1, -0.05) is 24.1 Å². The van der Waals surface area contributed by atoms with Gasteiger partial charge in [0.05, 0.1) is 6.54 Å². The van der Waals surface area contributed by atoms with Gasteiger partial charge in [-0.3, -0.25) is 4.99 Å². The Hall–Kier alpha value is -1.60. The molecular weight excluding hydrogens is 230 g/mol. The first-order chi connectivity index (χ1) is 8.36. The standard InChI is InChI=1S/C13H17N3S/c1-3-9-15-13(14-2)16-10-11-17-12-7-5-4-6-8-12/h1,4-8H,9-11H2,2H3,(H2,14,15,16). The van der Waals surface area contributed by atoms with E-state index in [1.54, 1.807) is 7.05 Å². The molecule has 0 atom stereocenters. The molecule has 0 aliphatic heterocycles. The van der Waals surface area contributed by atoms with Gasteiger partial charge < -0.3 is 10.6 Å². The van der Waals surface area contributed by atoms with Gasteiger partial charge in [0.1, 0.15) is 0 Å². The Labute approximate surface area is 107 Å². The topological polar surface area (TPSA) is 36.4 Å². The summed E-state index contributed by atoms with van der Waals surface area (Å²) in [5.74, 6) is 4.25. The predicted octanol–water partition coefficient (Wildman–Crippen LogP) is 1.58. The molecule has 0 unspecified atom stereocenters. The molecule has 1 aromatic rings. The zero-order chi connectivity index (χ0) is 12.3. The van der Waals surface area contributed by atoms with E-state index >= 15 is 0 Å². The first-order valence-electron chi connectivity index (χ1n) is 5.42. The van der Waals surface area contributed by atoms with Crippen LogP contribution in [0.2, 0.25) is 0 Å². The molecule has 1 aromatic carbocycles. The SMILES string of the molecule is C#CCNC(=NC)NCCSc1ccccc1. The summed E-state index contributed by atoms with van der Waals surface area (Å²) in [6.07, 6.45) is 5.16. The van der Waals surface area contributed by atoms with E-state index in [1.807, 2.05) is 30.0 Å². The first-order valence-corrected chi connectivity index (χ1v) is 6.41. The lowest BCUT2D eigenvalue weighted by molar-refractivity contribution is 0.891. The van der Waals surface area contributed by atoms with E-state index in [0.717, 1.165) is 18.3 Å². The number of nitrogens with zero attached hydrogens (tertiary/aromatic N) is 1. The van der Waals surface area contributed by atoms with E-state index in [4.69, 9.17) is 6.42 Å². The summed E-state index contributed by atoms with van der Waals surface area (Å²) >= 11 is 1.81. The number of aliphatic imine (C=N–C) groups is 1. The number of hydrogen-bond donors (Lipinski definition) is 2. The van der Waals surface area contributed by atoms with Crippen LogP contribution in [0.15, 0.2) is 40.2 Å². The molecule has 1 rings (SSSR count). The Bertz CT molecular complexity index is 381. The lowest BCUT2D eigenvalue weighted by atomic mass is 10.4. The average molecular weight is 247 g/mol. The normalized spacial score (nSPS) is 10.7. The van der Waals surface area contributed by atoms with Crippen molar-refractivity contribution in [2.45, 2.75) is 4.90 Å². The van der Waals surface area contributed by atoms with Crippen molar-refractivity contribution in [3.8, 4) is 12.3 Å². The highest BCUT2D eigenvalue weighted by Crippen LogP contribution is 2.15. The fourth-order valence-electron chi connectivity index (χ4n) is 1.21. The van der Waals surface area contributed by atoms with Gasteiger partial charge in [-0.25, -0.2) is 0 Å². The molecule has 0 aliphatic carbocycles. The van der Waals surface area contributed by atoms with Gasteiger partial charge in [0, 0.05) is 24.2 Å². The molecule has 0 fully saturated rings. The molecule has 0 spiro atoms. The van der Waals surface area contributed by atoms with Crippen molar-refractivity contribution >= 4 is 17.7 Å². The van der Waals surface area contributed by atoms with Gasteiger partial charge in [0.25, 0.3) is 0 Å². The minimum Gasteiger partial charge on any atom is -0.356 e. The third-order valence-corrected chi connectivity index (χ3v) is 3.00. The highest BCUT2D eigenvalue weighted by atomic mass is 32.2. The van der Waals surface area contributed by atoms with Gasteiger partial charge >= 0.3 is 0 Å². The van der Waals surface area contributed by atoms with Crippen LogP contribution in [0.3, 0.4) is 0 Å². The van der Waals surface area contributed by atoms with Crippen molar-refractivity contribution in [1.29, 1.82) is 0 Å². The highest BCUT2D eigenvalue weighted by Gasteiger charge is 1.95. The van der Waals surface area contributed by atoms with Crippen LogP contribution in [0, 0.1) is 12.3 Å². The maximum absolute atomic E-state index is 5.16. The molecule has 3 nitrogen and oxygen atoms in total. The van der Waals surface area contributed by atoms with E-state index in [1.165, 1.54) is 4.90 Å². The quantitative estimate of drug-likeness (QED) is 0.273. The molecule has 0 aromatic heterocycles. The highest BCUT2D eigenvalue weighted by molar-refractivity contribution is 7.99. The van der Waals surface area contributed by atoms with Crippen molar-refractivity contribution < 1.29 is 0 Å². The second-order valence-electron chi connectivity index (χ2n) is 3.22. The minimum atomic E-state index is 0.492. The zero-order valence-corrected chi connectivity index (χ0v) is 10.8. The molecule has 90 valence electrons. The number of rotatable bonds is 5. The molecule has 0 saturated heterocycles. The smallest absolute Gasteiger partial charge is 0.191 e. The van der Waals surface area contributed by atoms with E-state index in [0.29, 0.717) is 6.54 Å². The maximum Gasteiger partial charge on any atom is 0.191 e. The molecule has 17 heavy (non-hydrogen) atoms. The Balaban J connectivity index is 2.17. The molecule has 4 heteroatoms. The van der Waals surface area contributed by atoms with E-state index < -0.39 is 0 Å². The summed E-state index contributed by atoms with van der Waals surface area (Å²) in [6, 6.07) is 10.3. The van der Waals surface area contributed by atoms with Crippen LogP contribution in [-0.4, -0.2) is 31.8 Å². The second kappa shape index (κ2) is 8.54. The van der Waals surface area contributed by atoms with Crippen molar-refractivity contribution in [3.05, 3.63) is 30.3 Å². The van der Waals surface area contributed by atoms with Crippen molar-refractivity contribution in [3.63, 3.8) is 0 Å². The molecule has 0 heterocycles. The van der Waals surface area contributed by atoms with Gasteiger partial charge in [-0.2, -0.15) is 0 Å². The minimum absolute atomic E-state index is 0.492. The number of benzene rings is 1. The number of guanidine groups is 1. The fourth-order valence-corrected chi connectivity index (χ4v) is 2.00. The second-order valence-corrected chi connectivity index (χ2v) is 4.39. The maximum atomic E-state index is 5.16. The van der Waals surface area contributed by atoms with Crippen LogP contribution in [0.1, 0.15) is 0 Å². The number of terminal acetylenes is 1. The lowest BCUT2D eigenvalue weighted by Gasteiger charge is -2.09. The zero-order valence-electron chi connectivity index (χ0n) is 9.94. The van der Waals surface area contributed by atoms with Crippen LogP contribution in [-0.2, 0) is 0 Å². The summed E-state index contributed by atoms with van der Waals surface area (Å²) in [6.45, 7) is 1.34. The Morgan fingerprint density at radius 1 is 1.35 bits per heavy atom. The molecule has 2 N–H and O–H groups in total. The molecule has 0 bridgehead atoms. The van der Waals surface area contributed by atoms with Gasteiger partial charge in [-0.05, 0) is 12.1 Å². The van der Waals surface area contributed by atoms with Crippen LogP contribution in [0.4, 0.5) is 0 Å². The lowest BCUT2D eigenvalue weighted by Crippen LogP contribution is -2.38. The summed E-state index contributed by atoms with van der Waals surface area (Å²) < 4.78 is 0. The molecule has 0 aliphatic rings. The van der Waals surface area contributed by atoms with Crippen LogP contribution >= 0.6 is 11.8 Å². The fraction of sp³-hybridized carbons (Fsp3) is 0.308. The molecule has 0 radical (unpaired) electrons. The predicted molar refractivity (Wildman–Crippen MR) is 75.4 cm³/mol. The van der Waals surface area contributed by atoms with Crippen LogP contribution in [0.25, 0.3) is 0 Å². The number of hydrogen-bond acceptors (Lipinski definition) is 2. The summed E-state index contributed by atoms with van der Waals surface area (Å²) in [5, 5.41) is 6.21. The van der Waals surface area contributed by atoms with Crippen LogP contribution in [0.5, 0.6) is 0 Å². The molecular formula is C13H17N3S. The van der Waals surface area contributed by atoms with E-state index in [2.05, 4.69) is 33.7 Å². The Morgan fingerprint density at radius 3 is 2.76 bits per heavy atom. The third-order valence-electron chi connectivity index (χ3n) is 1.99. The van der Waals surface area contributed by atoms with E-state index in [9.17, 15) is 0 Å². The van der Waals surface area contributed by atoms with Crippen LogP contribution < -0.4 is 10.6 Å². The van der Waals surface area contributed by atoms with Crippen molar-refractivity contribution in [2.24, 2.45) is 4.99 Å². The Kier molecular flexibility index (Phi) is 6.76. The Morgan fingerprint density at radius 2 is 2.12 bits per heavy atom. The number of nitrogens with one attached hydrogen (secondary N) is 2. The number of thioether (sulfide) groups is 1. The third kappa shape index (κ3) is 5.88. The summed E-state index contributed by atoms with van der Waals surface area (Å²) in [7, 11) is 1.73. The summed E-state index contributed by atoms with van der Waals surface area (Å²) in [4.78, 5) is 5.34. The van der Waals surface area contributed by atoms with Gasteiger partial charge in [-0.15, -0.1) is 18.2 Å². The van der Waals surface area contributed by atoms with Gasteiger partial charge in [0.15, 0.2) is 5.96 Å². The van der Waals surface area contributed by atoms with Crippen molar-refractivity contribution in [1.82, 2.24) is 10.6 Å². The molecule has 0 saturated carbocycles. The molecule has 0 amide bonds. The monoisotopic (exact) mass is 247 g/mol.